The Labute approximate surface area is 129 Å². The smallest absolute Gasteiger partial charge is 0.243 e. The summed E-state index contributed by atoms with van der Waals surface area (Å²) in [5, 5.41) is 0. The third kappa shape index (κ3) is 3.74. The van der Waals surface area contributed by atoms with E-state index in [1.807, 2.05) is 6.92 Å². The molecule has 1 aliphatic heterocycles. The molecule has 1 saturated heterocycles. The Balaban J connectivity index is 2.31. The van der Waals surface area contributed by atoms with Crippen molar-refractivity contribution in [2.24, 2.45) is 0 Å². The van der Waals surface area contributed by atoms with E-state index in [1.165, 1.54) is 16.4 Å². The van der Waals surface area contributed by atoms with Gasteiger partial charge >= 0.3 is 0 Å². The molecule has 2 rings (SSSR count). The van der Waals surface area contributed by atoms with Crippen LogP contribution in [0.5, 0.6) is 0 Å². The summed E-state index contributed by atoms with van der Waals surface area (Å²) < 4.78 is 45.7. The molecule has 0 amide bonds. The Kier molecular flexibility index (Phi) is 5.60. The first-order chi connectivity index (χ1) is 9.98. The van der Waals surface area contributed by atoms with Gasteiger partial charge in [0.15, 0.2) is 0 Å². The van der Waals surface area contributed by atoms with Crippen LogP contribution in [0.3, 0.4) is 0 Å². The van der Waals surface area contributed by atoms with E-state index in [0.717, 1.165) is 18.9 Å². The molecule has 1 fully saturated rings. The average Bonchev–Trinajstić information content (AvgIpc) is 2.48. The molecule has 1 aliphatic rings. The fraction of sp³-hybridized carbons (Fsp3) is 0.571. The highest BCUT2D eigenvalue weighted by atomic mass is 35.5. The first kappa shape index (κ1) is 16.7. The van der Waals surface area contributed by atoms with Gasteiger partial charge in [0.25, 0.3) is 0 Å². The van der Waals surface area contributed by atoms with E-state index >= 15 is 0 Å². The number of hydrogen-bond acceptors (Lipinski definition) is 3. The molecule has 0 aliphatic carbocycles. The zero-order valence-corrected chi connectivity index (χ0v) is 13.5. The molecule has 0 bridgehead atoms. The largest absolute Gasteiger partial charge is 0.377 e. The molecule has 1 unspecified atom stereocenters. The molecular formula is C14H19ClFNO3S. The van der Waals surface area contributed by atoms with Crippen molar-refractivity contribution >= 4 is 21.6 Å². The predicted octanol–water partition coefficient (Wildman–Crippen LogP) is 2.75. The number of benzene rings is 1. The Hall–Kier alpha value is -0.690. The van der Waals surface area contributed by atoms with Crippen LogP contribution in [-0.4, -0.2) is 38.5 Å². The number of halogens is 2. The minimum Gasteiger partial charge on any atom is -0.377 e. The summed E-state index contributed by atoms with van der Waals surface area (Å²) in [5.41, 5.74) is 0.414. The summed E-state index contributed by atoms with van der Waals surface area (Å²) in [4.78, 5) is -0.0466. The number of ether oxygens (including phenoxy) is 1. The van der Waals surface area contributed by atoms with Gasteiger partial charge in [-0.05, 0) is 37.5 Å². The number of piperidine rings is 1. The predicted molar refractivity (Wildman–Crippen MR) is 79.4 cm³/mol. The maximum absolute atomic E-state index is 13.4. The van der Waals surface area contributed by atoms with E-state index in [2.05, 4.69) is 0 Å². The van der Waals surface area contributed by atoms with Crippen molar-refractivity contribution in [2.45, 2.75) is 36.6 Å². The molecule has 0 spiro atoms. The zero-order chi connectivity index (χ0) is 15.5. The molecule has 1 aromatic carbocycles. The van der Waals surface area contributed by atoms with Gasteiger partial charge in [-0.25, -0.2) is 12.8 Å². The highest BCUT2D eigenvalue weighted by molar-refractivity contribution is 7.89. The minimum absolute atomic E-state index is 0.0254. The number of rotatable bonds is 5. The van der Waals surface area contributed by atoms with Gasteiger partial charge in [-0.3, -0.25) is 0 Å². The van der Waals surface area contributed by atoms with Crippen LogP contribution in [0.25, 0.3) is 0 Å². The van der Waals surface area contributed by atoms with Crippen LogP contribution in [0.15, 0.2) is 23.1 Å². The van der Waals surface area contributed by atoms with Crippen LogP contribution in [0.1, 0.15) is 25.3 Å². The summed E-state index contributed by atoms with van der Waals surface area (Å²) in [7, 11) is -3.75. The van der Waals surface area contributed by atoms with Crippen molar-refractivity contribution in [3.63, 3.8) is 0 Å². The molecule has 1 heterocycles. The van der Waals surface area contributed by atoms with Crippen LogP contribution < -0.4 is 0 Å². The Morgan fingerprint density at radius 3 is 2.90 bits per heavy atom. The van der Waals surface area contributed by atoms with Gasteiger partial charge in [-0.2, -0.15) is 4.31 Å². The molecule has 7 heteroatoms. The Bertz CT molecular complexity index is 592. The summed E-state index contributed by atoms with van der Waals surface area (Å²) in [5.74, 6) is -0.557. The van der Waals surface area contributed by atoms with Crippen molar-refractivity contribution in [3.8, 4) is 0 Å². The van der Waals surface area contributed by atoms with Gasteiger partial charge in [0.1, 0.15) is 5.82 Å². The normalized spacial score (nSPS) is 20.6. The second-order valence-corrected chi connectivity index (χ2v) is 7.14. The van der Waals surface area contributed by atoms with Crippen LogP contribution in [0, 0.1) is 5.82 Å². The van der Waals surface area contributed by atoms with Crippen LogP contribution in [0.4, 0.5) is 4.39 Å². The Morgan fingerprint density at radius 1 is 1.48 bits per heavy atom. The van der Waals surface area contributed by atoms with E-state index in [0.29, 0.717) is 25.3 Å². The summed E-state index contributed by atoms with van der Waals surface area (Å²) in [6.07, 6.45) is 1.47. The van der Waals surface area contributed by atoms with Gasteiger partial charge in [0.2, 0.25) is 10.0 Å². The maximum Gasteiger partial charge on any atom is 0.243 e. The van der Waals surface area contributed by atoms with E-state index in [1.54, 1.807) is 0 Å². The quantitative estimate of drug-likeness (QED) is 0.777. The first-order valence-electron chi connectivity index (χ1n) is 6.95. The standard InChI is InChI=1S/C14H19ClFNO3S/c1-2-20-13-4-3-7-17(10-13)21(18,19)14-8-12(16)6-5-11(14)9-15/h5-6,8,13H,2-4,7,9-10H2,1H3. The van der Waals surface area contributed by atoms with E-state index in [9.17, 15) is 12.8 Å². The Morgan fingerprint density at radius 2 is 2.24 bits per heavy atom. The van der Waals surface area contributed by atoms with Crippen LogP contribution in [-0.2, 0) is 20.6 Å². The van der Waals surface area contributed by atoms with Gasteiger partial charge in [0, 0.05) is 25.6 Å². The van der Waals surface area contributed by atoms with Crippen molar-refractivity contribution < 1.29 is 17.5 Å². The first-order valence-corrected chi connectivity index (χ1v) is 8.92. The second-order valence-electron chi connectivity index (χ2n) is 4.97. The minimum atomic E-state index is -3.75. The molecular weight excluding hydrogens is 317 g/mol. The van der Waals surface area contributed by atoms with Gasteiger partial charge in [-0.15, -0.1) is 11.6 Å². The maximum atomic E-state index is 13.4. The topological polar surface area (TPSA) is 46.6 Å². The SMILES string of the molecule is CCOC1CCCN(S(=O)(=O)c2cc(F)ccc2CCl)C1. The highest BCUT2D eigenvalue weighted by Gasteiger charge is 2.32. The molecule has 1 atom stereocenters. The summed E-state index contributed by atoms with van der Waals surface area (Å²) >= 11 is 5.78. The van der Waals surface area contributed by atoms with Gasteiger partial charge in [0.05, 0.1) is 11.0 Å². The molecule has 1 aromatic rings. The summed E-state index contributed by atoms with van der Waals surface area (Å²) in [6.45, 7) is 3.15. The van der Waals surface area contributed by atoms with E-state index < -0.39 is 15.8 Å². The molecule has 0 radical (unpaired) electrons. The number of alkyl halides is 1. The number of nitrogens with zero attached hydrogens (tertiary/aromatic N) is 1. The van der Waals surface area contributed by atoms with Gasteiger partial charge in [-0.1, -0.05) is 6.07 Å². The fourth-order valence-electron chi connectivity index (χ4n) is 2.51. The lowest BCUT2D eigenvalue weighted by molar-refractivity contribution is 0.0265. The number of hydrogen-bond donors (Lipinski definition) is 0. The monoisotopic (exact) mass is 335 g/mol. The van der Waals surface area contributed by atoms with Crippen molar-refractivity contribution in [2.75, 3.05) is 19.7 Å². The molecule has 4 nitrogen and oxygen atoms in total. The molecule has 0 N–H and O–H groups in total. The van der Waals surface area contributed by atoms with Crippen molar-refractivity contribution in [1.29, 1.82) is 0 Å². The van der Waals surface area contributed by atoms with Gasteiger partial charge < -0.3 is 4.74 Å². The molecule has 21 heavy (non-hydrogen) atoms. The van der Waals surface area contributed by atoms with Crippen LogP contribution in [0.2, 0.25) is 0 Å². The zero-order valence-electron chi connectivity index (χ0n) is 11.9. The molecule has 0 saturated carbocycles. The van der Waals surface area contributed by atoms with Crippen molar-refractivity contribution in [1.82, 2.24) is 4.31 Å². The molecule has 0 aromatic heterocycles. The highest BCUT2D eigenvalue weighted by Crippen LogP contribution is 2.26. The van der Waals surface area contributed by atoms with Crippen LogP contribution >= 0.6 is 11.6 Å². The third-order valence-electron chi connectivity index (χ3n) is 3.53. The lowest BCUT2D eigenvalue weighted by atomic mass is 10.1. The second kappa shape index (κ2) is 7.05. The molecule has 118 valence electrons. The lowest BCUT2D eigenvalue weighted by Gasteiger charge is -2.32. The average molecular weight is 336 g/mol. The van der Waals surface area contributed by atoms with Crippen molar-refractivity contribution in [3.05, 3.63) is 29.6 Å². The fourth-order valence-corrected chi connectivity index (χ4v) is 4.57. The van der Waals surface area contributed by atoms with E-state index in [4.69, 9.17) is 16.3 Å². The number of sulfonamides is 1. The van der Waals surface area contributed by atoms with E-state index in [-0.39, 0.29) is 16.9 Å². The summed E-state index contributed by atoms with van der Waals surface area (Å²) in [6, 6.07) is 3.67. The third-order valence-corrected chi connectivity index (χ3v) is 5.77. The lowest BCUT2D eigenvalue weighted by Crippen LogP contribution is -2.43.